The third-order valence-electron chi connectivity index (χ3n) is 4.60. The highest BCUT2D eigenvalue weighted by atomic mass is 32.2. The molecule has 0 unspecified atom stereocenters. The molecular weight excluding hydrogens is 246 g/mol. The van der Waals surface area contributed by atoms with E-state index in [1.165, 1.54) is 12.8 Å². The number of nitrogens with two attached hydrogens (primary N) is 1. The molecule has 18 heavy (non-hydrogen) atoms. The Bertz CT molecular complexity index is 360. The van der Waals surface area contributed by atoms with Gasteiger partial charge in [-0.05, 0) is 57.9 Å². The van der Waals surface area contributed by atoms with Crippen molar-refractivity contribution in [1.82, 2.24) is 0 Å². The maximum Gasteiger partial charge on any atom is 0.155 e. The minimum Gasteiger partial charge on any atom is -0.330 e. The third-order valence-corrected chi connectivity index (χ3v) is 7.21. The van der Waals surface area contributed by atoms with Crippen molar-refractivity contribution >= 4 is 9.84 Å². The summed E-state index contributed by atoms with van der Waals surface area (Å²) in [4.78, 5) is 0. The molecule has 3 nitrogen and oxygen atoms in total. The lowest BCUT2D eigenvalue weighted by Crippen LogP contribution is -2.38. The van der Waals surface area contributed by atoms with Gasteiger partial charge in [0.1, 0.15) is 0 Å². The topological polar surface area (TPSA) is 60.2 Å². The Morgan fingerprint density at radius 3 is 2.11 bits per heavy atom. The highest BCUT2D eigenvalue weighted by Gasteiger charge is 2.36. The van der Waals surface area contributed by atoms with Crippen molar-refractivity contribution in [2.75, 3.05) is 12.3 Å². The standard InChI is InChI=1S/C14H29NO2S/c1-12-5-7-14(11-15,8-6-12)9-10-18(16,17)13(2,3)4/h12H,5-11,15H2,1-4H3. The summed E-state index contributed by atoms with van der Waals surface area (Å²) in [7, 11) is -3.01. The minimum atomic E-state index is -3.01. The van der Waals surface area contributed by atoms with Crippen molar-refractivity contribution < 1.29 is 8.42 Å². The number of hydrogen-bond donors (Lipinski definition) is 1. The molecule has 0 amide bonds. The van der Waals surface area contributed by atoms with E-state index >= 15 is 0 Å². The fraction of sp³-hybridized carbons (Fsp3) is 1.00. The zero-order valence-corrected chi connectivity index (χ0v) is 13.1. The van der Waals surface area contributed by atoms with Gasteiger partial charge in [0.2, 0.25) is 0 Å². The summed E-state index contributed by atoms with van der Waals surface area (Å²) in [5.74, 6) is 1.05. The van der Waals surface area contributed by atoms with Crippen LogP contribution in [0.3, 0.4) is 0 Å². The second kappa shape index (κ2) is 5.49. The lowest BCUT2D eigenvalue weighted by Gasteiger charge is -2.39. The molecule has 1 rings (SSSR count). The smallest absolute Gasteiger partial charge is 0.155 e. The Hall–Kier alpha value is -0.0900. The van der Waals surface area contributed by atoms with Gasteiger partial charge in [-0.2, -0.15) is 0 Å². The summed E-state index contributed by atoms with van der Waals surface area (Å²) in [5, 5.41) is 0. The summed E-state index contributed by atoms with van der Waals surface area (Å²) in [6.45, 7) is 8.23. The van der Waals surface area contributed by atoms with Crippen molar-refractivity contribution in [3.05, 3.63) is 0 Å². The summed E-state index contributed by atoms with van der Waals surface area (Å²) < 4.78 is 23.7. The van der Waals surface area contributed by atoms with Gasteiger partial charge in [-0.25, -0.2) is 8.42 Å². The molecule has 108 valence electrons. The molecule has 1 aliphatic carbocycles. The SMILES string of the molecule is CC1CCC(CN)(CCS(=O)(=O)C(C)(C)C)CC1. The fourth-order valence-corrected chi connectivity index (χ4v) is 3.90. The molecule has 0 saturated heterocycles. The molecule has 1 fully saturated rings. The minimum absolute atomic E-state index is 0.0742. The Morgan fingerprint density at radius 2 is 1.72 bits per heavy atom. The van der Waals surface area contributed by atoms with Gasteiger partial charge in [0.25, 0.3) is 0 Å². The van der Waals surface area contributed by atoms with E-state index in [2.05, 4.69) is 6.92 Å². The Morgan fingerprint density at radius 1 is 1.22 bits per heavy atom. The largest absolute Gasteiger partial charge is 0.330 e. The van der Waals surface area contributed by atoms with Gasteiger partial charge in [-0.1, -0.05) is 19.8 Å². The van der Waals surface area contributed by atoms with E-state index < -0.39 is 14.6 Å². The summed E-state index contributed by atoms with van der Waals surface area (Å²) in [6, 6.07) is 0. The van der Waals surface area contributed by atoms with Crippen molar-refractivity contribution in [3.8, 4) is 0 Å². The summed E-state index contributed by atoms with van der Waals surface area (Å²) in [5.41, 5.74) is 6.00. The van der Waals surface area contributed by atoms with E-state index in [0.717, 1.165) is 25.2 Å². The van der Waals surface area contributed by atoms with Crippen LogP contribution in [0.4, 0.5) is 0 Å². The van der Waals surface area contributed by atoms with Gasteiger partial charge in [0, 0.05) is 0 Å². The van der Waals surface area contributed by atoms with Crippen LogP contribution in [0.5, 0.6) is 0 Å². The molecule has 0 aliphatic heterocycles. The van der Waals surface area contributed by atoms with Crippen LogP contribution < -0.4 is 5.73 Å². The van der Waals surface area contributed by atoms with Crippen LogP contribution in [0.1, 0.15) is 59.8 Å². The van der Waals surface area contributed by atoms with E-state index in [1.54, 1.807) is 20.8 Å². The highest BCUT2D eigenvalue weighted by molar-refractivity contribution is 7.92. The van der Waals surface area contributed by atoms with Crippen LogP contribution in [-0.2, 0) is 9.84 Å². The van der Waals surface area contributed by atoms with E-state index in [-0.39, 0.29) is 11.2 Å². The zero-order chi connectivity index (χ0) is 14.0. The summed E-state index contributed by atoms with van der Waals surface area (Å²) >= 11 is 0. The Labute approximate surface area is 112 Å². The molecule has 0 atom stereocenters. The van der Waals surface area contributed by atoms with Crippen LogP contribution >= 0.6 is 0 Å². The van der Waals surface area contributed by atoms with Crippen LogP contribution in [0, 0.1) is 11.3 Å². The molecule has 0 heterocycles. The molecule has 2 N–H and O–H groups in total. The van der Waals surface area contributed by atoms with Gasteiger partial charge in [-0.3, -0.25) is 0 Å². The number of hydrogen-bond acceptors (Lipinski definition) is 3. The van der Waals surface area contributed by atoms with E-state index in [0.29, 0.717) is 6.54 Å². The van der Waals surface area contributed by atoms with Crippen molar-refractivity contribution in [2.45, 2.75) is 64.5 Å². The van der Waals surface area contributed by atoms with E-state index in [4.69, 9.17) is 5.73 Å². The lowest BCUT2D eigenvalue weighted by molar-refractivity contribution is 0.158. The molecule has 4 heteroatoms. The fourth-order valence-electron chi connectivity index (χ4n) is 2.59. The highest BCUT2D eigenvalue weighted by Crippen LogP contribution is 2.41. The second-order valence-corrected chi connectivity index (χ2v) is 9.93. The van der Waals surface area contributed by atoms with Gasteiger partial charge in [0.05, 0.1) is 10.5 Å². The van der Waals surface area contributed by atoms with E-state index in [9.17, 15) is 8.42 Å². The maximum absolute atomic E-state index is 12.2. The third kappa shape index (κ3) is 3.70. The lowest BCUT2D eigenvalue weighted by atomic mass is 9.69. The quantitative estimate of drug-likeness (QED) is 0.858. The first kappa shape index (κ1) is 16.0. The van der Waals surface area contributed by atoms with Crippen LogP contribution in [0.15, 0.2) is 0 Å². The Balaban J connectivity index is 2.66. The van der Waals surface area contributed by atoms with Gasteiger partial charge >= 0.3 is 0 Å². The first-order valence-corrected chi connectivity index (χ1v) is 8.69. The number of sulfone groups is 1. The number of rotatable bonds is 4. The molecule has 0 aromatic carbocycles. The average Bonchev–Trinajstić information content (AvgIpc) is 2.28. The molecule has 1 aliphatic rings. The first-order valence-electron chi connectivity index (χ1n) is 7.04. The van der Waals surface area contributed by atoms with Gasteiger partial charge in [0.15, 0.2) is 9.84 Å². The monoisotopic (exact) mass is 275 g/mol. The molecule has 0 bridgehead atoms. The molecular formula is C14H29NO2S. The molecule has 1 saturated carbocycles. The Kier molecular flexibility index (Phi) is 4.87. The predicted molar refractivity (Wildman–Crippen MR) is 77.3 cm³/mol. The maximum atomic E-state index is 12.2. The van der Waals surface area contributed by atoms with Gasteiger partial charge < -0.3 is 5.73 Å². The molecule has 0 radical (unpaired) electrons. The van der Waals surface area contributed by atoms with Crippen LogP contribution in [-0.4, -0.2) is 25.5 Å². The average molecular weight is 275 g/mol. The first-order chi connectivity index (χ1) is 8.12. The van der Waals surface area contributed by atoms with Crippen LogP contribution in [0.25, 0.3) is 0 Å². The summed E-state index contributed by atoms with van der Waals surface area (Å²) in [6.07, 6.45) is 5.28. The molecule has 0 aromatic heterocycles. The van der Waals surface area contributed by atoms with Crippen molar-refractivity contribution in [2.24, 2.45) is 17.1 Å². The molecule has 0 aromatic rings. The van der Waals surface area contributed by atoms with E-state index in [1.807, 2.05) is 0 Å². The van der Waals surface area contributed by atoms with Crippen molar-refractivity contribution in [1.29, 1.82) is 0 Å². The van der Waals surface area contributed by atoms with Gasteiger partial charge in [-0.15, -0.1) is 0 Å². The predicted octanol–water partition coefficient (Wildman–Crippen LogP) is 2.75. The molecule has 0 spiro atoms. The van der Waals surface area contributed by atoms with Crippen molar-refractivity contribution in [3.63, 3.8) is 0 Å². The zero-order valence-electron chi connectivity index (χ0n) is 12.3. The normalized spacial score (nSPS) is 30.4. The van der Waals surface area contributed by atoms with Crippen LogP contribution in [0.2, 0.25) is 0 Å². The second-order valence-electron chi connectivity index (χ2n) is 7.07.